The third-order valence-corrected chi connectivity index (χ3v) is 4.22. The summed E-state index contributed by atoms with van der Waals surface area (Å²) in [7, 11) is 1.65. The number of nitrogens with zero attached hydrogens (tertiary/aromatic N) is 3. The second-order valence-corrected chi connectivity index (χ2v) is 6.24. The van der Waals surface area contributed by atoms with E-state index in [9.17, 15) is 4.79 Å². The van der Waals surface area contributed by atoms with Crippen molar-refractivity contribution < 1.29 is 9.53 Å². The molecule has 2 N–H and O–H groups in total. The first-order chi connectivity index (χ1) is 13.6. The molecule has 2 heterocycles. The second-order valence-electron chi connectivity index (χ2n) is 6.24. The van der Waals surface area contributed by atoms with E-state index in [1.165, 1.54) is 6.92 Å². The summed E-state index contributed by atoms with van der Waals surface area (Å²) in [4.78, 5) is 15.8. The van der Waals surface area contributed by atoms with E-state index >= 15 is 0 Å². The molecule has 0 spiro atoms. The normalized spacial score (nSPS) is 10.6. The fourth-order valence-corrected chi connectivity index (χ4v) is 2.92. The Kier molecular flexibility index (Phi) is 4.63. The van der Waals surface area contributed by atoms with E-state index in [1.54, 1.807) is 11.6 Å². The Morgan fingerprint density at radius 2 is 1.71 bits per heavy atom. The smallest absolute Gasteiger partial charge is 0.247 e. The lowest BCUT2D eigenvalue weighted by Crippen LogP contribution is -2.05. The summed E-state index contributed by atoms with van der Waals surface area (Å²) in [5, 5.41) is 10.4. The van der Waals surface area contributed by atoms with Gasteiger partial charge in [0.05, 0.1) is 7.11 Å². The van der Waals surface area contributed by atoms with Crippen LogP contribution in [0.25, 0.3) is 16.8 Å². The number of hydrogen-bond acceptors (Lipinski definition) is 5. The molecule has 140 valence electrons. The predicted molar refractivity (Wildman–Crippen MR) is 109 cm³/mol. The summed E-state index contributed by atoms with van der Waals surface area (Å²) in [6.45, 7) is 1.48. The van der Waals surface area contributed by atoms with Crippen LogP contribution in [0, 0.1) is 0 Å². The maximum atomic E-state index is 11.1. The Morgan fingerprint density at radius 1 is 1.00 bits per heavy atom. The minimum atomic E-state index is -0.103. The number of ether oxygens (including phenoxy) is 1. The van der Waals surface area contributed by atoms with Gasteiger partial charge < -0.3 is 15.4 Å². The van der Waals surface area contributed by atoms with Crippen molar-refractivity contribution in [2.24, 2.45) is 0 Å². The molecular formula is C21H19N5O2. The number of aromatic nitrogens is 3. The molecule has 0 saturated heterocycles. The molecule has 0 fully saturated rings. The minimum absolute atomic E-state index is 0.103. The van der Waals surface area contributed by atoms with Crippen LogP contribution in [-0.2, 0) is 4.79 Å². The van der Waals surface area contributed by atoms with Crippen molar-refractivity contribution in [1.82, 2.24) is 14.6 Å². The number of methoxy groups -OCH3 is 1. The molecule has 0 aliphatic carbocycles. The average molecular weight is 373 g/mol. The minimum Gasteiger partial charge on any atom is -0.497 e. The topological polar surface area (TPSA) is 80.5 Å². The molecule has 0 atom stereocenters. The summed E-state index contributed by atoms with van der Waals surface area (Å²) in [6.07, 6.45) is 1.86. The van der Waals surface area contributed by atoms with Crippen molar-refractivity contribution in [2.45, 2.75) is 6.92 Å². The van der Waals surface area contributed by atoms with E-state index in [0.29, 0.717) is 5.95 Å². The first-order valence-corrected chi connectivity index (χ1v) is 8.77. The number of benzene rings is 2. The first-order valence-electron chi connectivity index (χ1n) is 8.77. The fraction of sp³-hybridized carbons (Fsp3) is 0.0952. The molecule has 0 unspecified atom stereocenters. The number of hydrogen-bond donors (Lipinski definition) is 2. The highest BCUT2D eigenvalue weighted by molar-refractivity contribution is 5.88. The number of carbonyl (C=O) groups is 1. The zero-order chi connectivity index (χ0) is 19.5. The van der Waals surface area contributed by atoms with Crippen molar-refractivity contribution in [1.29, 1.82) is 0 Å². The van der Waals surface area contributed by atoms with E-state index in [4.69, 9.17) is 4.74 Å². The number of fused-ring (bicyclic) bond motifs is 1. The summed E-state index contributed by atoms with van der Waals surface area (Å²) in [5.41, 5.74) is 4.33. The quantitative estimate of drug-likeness (QED) is 0.550. The Morgan fingerprint density at radius 3 is 2.39 bits per heavy atom. The molecule has 2 aromatic heterocycles. The molecule has 1 amide bonds. The fourth-order valence-electron chi connectivity index (χ4n) is 2.92. The predicted octanol–water partition coefficient (Wildman–Crippen LogP) is 4.11. The maximum Gasteiger partial charge on any atom is 0.247 e. The van der Waals surface area contributed by atoms with Crippen LogP contribution in [0.4, 0.5) is 17.3 Å². The van der Waals surface area contributed by atoms with Gasteiger partial charge in [0.25, 0.3) is 0 Å². The van der Waals surface area contributed by atoms with Gasteiger partial charge in [-0.25, -0.2) is 4.52 Å². The van der Waals surface area contributed by atoms with E-state index in [2.05, 4.69) is 20.7 Å². The molecule has 7 heteroatoms. The van der Waals surface area contributed by atoms with Crippen LogP contribution >= 0.6 is 0 Å². The van der Waals surface area contributed by atoms with E-state index in [1.807, 2.05) is 66.9 Å². The Labute approximate surface area is 162 Å². The third-order valence-electron chi connectivity index (χ3n) is 4.22. The van der Waals surface area contributed by atoms with Crippen molar-refractivity contribution in [3.8, 4) is 16.9 Å². The van der Waals surface area contributed by atoms with Crippen LogP contribution in [0.3, 0.4) is 0 Å². The highest BCUT2D eigenvalue weighted by Gasteiger charge is 2.10. The molecule has 0 saturated carbocycles. The van der Waals surface area contributed by atoms with Crippen molar-refractivity contribution in [3.63, 3.8) is 0 Å². The average Bonchev–Trinajstić information content (AvgIpc) is 3.11. The number of nitrogens with one attached hydrogen (secondary N) is 2. The van der Waals surface area contributed by atoms with Crippen LogP contribution in [0.5, 0.6) is 5.75 Å². The molecule has 0 bridgehead atoms. The Balaban J connectivity index is 1.61. The monoisotopic (exact) mass is 373 g/mol. The van der Waals surface area contributed by atoms with Gasteiger partial charge in [-0.15, -0.1) is 5.10 Å². The molecule has 28 heavy (non-hydrogen) atoms. The lowest BCUT2D eigenvalue weighted by atomic mass is 10.1. The Hall–Kier alpha value is -3.87. The van der Waals surface area contributed by atoms with Gasteiger partial charge in [0.15, 0.2) is 5.65 Å². The zero-order valence-corrected chi connectivity index (χ0v) is 15.5. The van der Waals surface area contributed by atoms with E-state index < -0.39 is 0 Å². The molecule has 0 radical (unpaired) electrons. The van der Waals surface area contributed by atoms with Gasteiger partial charge >= 0.3 is 0 Å². The molecule has 0 aliphatic heterocycles. The molecule has 2 aromatic carbocycles. The van der Waals surface area contributed by atoms with Gasteiger partial charge in [0, 0.05) is 30.1 Å². The molecule has 7 nitrogen and oxygen atoms in total. The SMILES string of the molecule is COc1ccc(-c2cccn3nc(Nc4ccc(NC(C)=O)cc4)nc23)cc1. The largest absolute Gasteiger partial charge is 0.497 e. The Bertz CT molecular complexity index is 1120. The van der Waals surface area contributed by atoms with Crippen LogP contribution in [0.2, 0.25) is 0 Å². The summed E-state index contributed by atoms with van der Waals surface area (Å²) < 4.78 is 6.97. The van der Waals surface area contributed by atoms with E-state index in [0.717, 1.165) is 33.9 Å². The van der Waals surface area contributed by atoms with Crippen LogP contribution in [-0.4, -0.2) is 27.6 Å². The lowest BCUT2D eigenvalue weighted by Gasteiger charge is -2.04. The van der Waals surface area contributed by atoms with Gasteiger partial charge in [-0.2, -0.15) is 4.98 Å². The molecule has 0 aliphatic rings. The molecule has 4 aromatic rings. The number of amides is 1. The standard InChI is InChI=1S/C21H19N5O2/c1-14(27)22-16-7-9-17(10-8-16)23-21-24-20-19(4-3-13-26(20)25-21)15-5-11-18(28-2)12-6-15/h3-13H,1-2H3,(H,22,27)(H,23,25). The summed E-state index contributed by atoms with van der Waals surface area (Å²) in [6, 6.07) is 19.2. The van der Waals surface area contributed by atoms with Crippen molar-refractivity contribution in [2.75, 3.05) is 17.7 Å². The van der Waals surface area contributed by atoms with Crippen LogP contribution in [0.15, 0.2) is 66.9 Å². The van der Waals surface area contributed by atoms with Crippen molar-refractivity contribution in [3.05, 3.63) is 66.9 Å². The van der Waals surface area contributed by atoms with Crippen molar-refractivity contribution >= 4 is 28.9 Å². The third kappa shape index (κ3) is 3.64. The number of rotatable bonds is 5. The van der Waals surface area contributed by atoms with Gasteiger partial charge in [-0.3, -0.25) is 4.79 Å². The van der Waals surface area contributed by atoms with Crippen LogP contribution < -0.4 is 15.4 Å². The maximum absolute atomic E-state index is 11.1. The first kappa shape index (κ1) is 17.5. The second kappa shape index (κ2) is 7.40. The highest BCUT2D eigenvalue weighted by atomic mass is 16.5. The van der Waals surface area contributed by atoms with E-state index in [-0.39, 0.29) is 5.91 Å². The number of carbonyl (C=O) groups excluding carboxylic acids is 1. The highest BCUT2D eigenvalue weighted by Crippen LogP contribution is 2.27. The summed E-state index contributed by atoms with van der Waals surface area (Å²) in [5.74, 6) is 1.20. The van der Waals surface area contributed by atoms with Crippen LogP contribution in [0.1, 0.15) is 6.92 Å². The number of anilines is 3. The number of pyridine rings is 1. The molecule has 4 rings (SSSR count). The van der Waals surface area contributed by atoms with Gasteiger partial charge in [-0.1, -0.05) is 12.1 Å². The summed E-state index contributed by atoms with van der Waals surface area (Å²) >= 11 is 0. The molecular weight excluding hydrogens is 354 g/mol. The van der Waals surface area contributed by atoms with Gasteiger partial charge in [-0.05, 0) is 54.1 Å². The van der Waals surface area contributed by atoms with Gasteiger partial charge in [0.2, 0.25) is 11.9 Å². The zero-order valence-electron chi connectivity index (χ0n) is 15.5. The van der Waals surface area contributed by atoms with Gasteiger partial charge in [0.1, 0.15) is 5.75 Å². The lowest BCUT2D eigenvalue weighted by molar-refractivity contribution is -0.114.